The van der Waals surface area contributed by atoms with E-state index in [0.29, 0.717) is 22.8 Å². The van der Waals surface area contributed by atoms with E-state index in [9.17, 15) is 4.39 Å². The highest BCUT2D eigenvalue weighted by Gasteiger charge is 2.20. The molecule has 0 aliphatic carbocycles. The van der Waals surface area contributed by atoms with Gasteiger partial charge < -0.3 is 14.2 Å². The van der Waals surface area contributed by atoms with E-state index in [2.05, 4.69) is 4.98 Å². The zero-order valence-corrected chi connectivity index (χ0v) is 9.64. The van der Waals surface area contributed by atoms with E-state index in [4.69, 9.17) is 14.2 Å². The van der Waals surface area contributed by atoms with E-state index in [1.807, 2.05) is 0 Å². The van der Waals surface area contributed by atoms with Gasteiger partial charge in [-0.15, -0.1) is 0 Å². The zero-order chi connectivity index (χ0) is 12.5. The molecule has 92 valence electrons. The first-order valence-electron chi connectivity index (χ1n) is 5.38. The van der Waals surface area contributed by atoms with Gasteiger partial charge in [-0.3, -0.25) is 4.98 Å². The maximum Gasteiger partial charge on any atom is 0.231 e. The molecule has 0 bridgehead atoms. The van der Waals surface area contributed by atoms with Crippen molar-refractivity contribution in [3.63, 3.8) is 0 Å². The highest BCUT2D eigenvalue weighted by molar-refractivity contribution is 5.72. The molecule has 3 rings (SSSR count). The average Bonchev–Trinajstić information content (AvgIpc) is 2.85. The Morgan fingerprint density at radius 3 is 2.78 bits per heavy atom. The minimum absolute atomic E-state index is 0.159. The monoisotopic (exact) mass is 247 g/mol. The second-order valence-corrected chi connectivity index (χ2v) is 3.74. The molecule has 0 saturated carbocycles. The van der Waals surface area contributed by atoms with Gasteiger partial charge in [-0.05, 0) is 18.2 Å². The molecule has 0 radical (unpaired) electrons. The number of halogens is 1. The van der Waals surface area contributed by atoms with Gasteiger partial charge in [0.25, 0.3) is 0 Å². The Labute approximate surface area is 103 Å². The normalized spacial score (nSPS) is 12.6. The Morgan fingerprint density at radius 1 is 1.28 bits per heavy atom. The summed E-state index contributed by atoms with van der Waals surface area (Å²) in [5.41, 5.74) is 0.771. The number of hydrogen-bond donors (Lipinski definition) is 0. The molecule has 18 heavy (non-hydrogen) atoms. The summed E-state index contributed by atoms with van der Waals surface area (Å²) in [6, 6.07) is 6.24. The van der Waals surface area contributed by atoms with Crippen molar-refractivity contribution in [2.24, 2.45) is 0 Å². The first-order chi connectivity index (χ1) is 8.79. The summed E-state index contributed by atoms with van der Waals surface area (Å²) in [5.74, 6) is 1.24. The molecule has 2 aromatic rings. The van der Waals surface area contributed by atoms with Crippen molar-refractivity contribution in [3.8, 4) is 28.5 Å². The predicted octanol–water partition coefficient (Wildman–Crippen LogP) is 2.63. The maximum absolute atomic E-state index is 13.8. The molecule has 1 aliphatic rings. The van der Waals surface area contributed by atoms with Crippen molar-refractivity contribution in [1.82, 2.24) is 4.98 Å². The average molecular weight is 247 g/mol. The molecular formula is C13H10FNO3. The van der Waals surface area contributed by atoms with Gasteiger partial charge in [-0.25, -0.2) is 4.39 Å². The lowest BCUT2D eigenvalue weighted by molar-refractivity contribution is 0.174. The number of ether oxygens (including phenoxy) is 3. The molecule has 0 spiro atoms. The van der Waals surface area contributed by atoms with Crippen LogP contribution in [-0.4, -0.2) is 18.9 Å². The van der Waals surface area contributed by atoms with E-state index < -0.39 is 5.82 Å². The lowest BCUT2D eigenvalue weighted by Crippen LogP contribution is -1.93. The third kappa shape index (κ3) is 1.64. The summed E-state index contributed by atoms with van der Waals surface area (Å²) >= 11 is 0. The first kappa shape index (κ1) is 10.8. The van der Waals surface area contributed by atoms with E-state index in [0.717, 1.165) is 0 Å². The van der Waals surface area contributed by atoms with Crippen LogP contribution in [0.15, 0.2) is 30.5 Å². The summed E-state index contributed by atoms with van der Waals surface area (Å²) in [5, 5.41) is 0. The summed E-state index contributed by atoms with van der Waals surface area (Å²) in [6.07, 6.45) is 1.53. The quantitative estimate of drug-likeness (QED) is 0.818. The van der Waals surface area contributed by atoms with Gasteiger partial charge in [0.05, 0.1) is 7.11 Å². The maximum atomic E-state index is 13.8. The second kappa shape index (κ2) is 4.18. The SMILES string of the molecule is COc1cc2c(cc1-c1ncccc1F)OCO2. The Hall–Kier alpha value is -2.30. The van der Waals surface area contributed by atoms with Gasteiger partial charge in [0.2, 0.25) is 6.79 Å². The topological polar surface area (TPSA) is 40.6 Å². The van der Waals surface area contributed by atoms with Crippen LogP contribution >= 0.6 is 0 Å². The van der Waals surface area contributed by atoms with Gasteiger partial charge in [0.15, 0.2) is 11.5 Å². The second-order valence-electron chi connectivity index (χ2n) is 3.74. The number of fused-ring (bicyclic) bond motifs is 1. The number of hydrogen-bond acceptors (Lipinski definition) is 4. The van der Waals surface area contributed by atoms with Crippen molar-refractivity contribution in [3.05, 3.63) is 36.3 Å². The van der Waals surface area contributed by atoms with Gasteiger partial charge in [0.1, 0.15) is 17.3 Å². The smallest absolute Gasteiger partial charge is 0.231 e. The van der Waals surface area contributed by atoms with Crippen molar-refractivity contribution in [2.75, 3.05) is 13.9 Å². The number of methoxy groups -OCH3 is 1. The van der Waals surface area contributed by atoms with Crippen LogP contribution in [0.5, 0.6) is 17.2 Å². The number of nitrogens with zero attached hydrogens (tertiary/aromatic N) is 1. The van der Waals surface area contributed by atoms with Gasteiger partial charge in [-0.2, -0.15) is 0 Å². The molecule has 4 nitrogen and oxygen atoms in total. The molecule has 0 saturated heterocycles. The fourth-order valence-corrected chi connectivity index (χ4v) is 1.86. The van der Waals surface area contributed by atoms with Crippen LogP contribution in [0, 0.1) is 5.82 Å². The Balaban J connectivity index is 2.20. The minimum atomic E-state index is -0.408. The van der Waals surface area contributed by atoms with Crippen LogP contribution in [-0.2, 0) is 0 Å². The molecule has 0 atom stereocenters. The lowest BCUT2D eigenvalue weighted by atomic mass is 10.1. The molecule has 1 aromatic carbocycles. The summed E-state index contributed by atoms with van der Waals surface area (Å²) < 4.78 is 29.5. The van der Waals surface area contributed by atoms with Crippen LogP contribution in [0.3, 0.4) is 0 Å². The molecule has 0 amide bonds. The summed E-state index contributed by atoms with van der Waals surface area (Å²) in [6.45, 7) is 0.159. The molecule has 5 heteroatoms. The molecule has 1 aliphatic heterocycles. The first-order valence-corrected chi connectivity index (χ1v) is 5.38. The van der Waals surface area contributed by atoms with Crippen molar-refractivity contribution in [2.45, 2.75) is 0 Å². The Morgan fingerprint density at radius 2 is 2.06 bits per heavy atom. The molecule has 0 N–H and O–H groups in total. The van der Waals surface area contributed by atoms with Crippen molar-refractivity contribution in [1.29, 1.82) is 0 Å². The lowest BCUT2D eigenvalue weighted by Gasteiger charge is -2.09. The molecule has 0 fully saturated rings. The Kier molecular flexibility index (Phi) is 2.51. The molecular weight excluding hydrogens is 237 g/mol. The molecule has 1 aromatic heterocycles. The zero-order valence-electron chi connectivity index (χ0n) is 9.64. The van der Waals surface area contributed by atoms with Crippen molar-refractivity contribution >= 4 is 0 Å². The predicted molar refractivity (Wildman–Crippen MR) is 62.3 cm³/mol. The van der Waals surface area contributed by atoms with Crippen LogP contribution in [0.1, 0.15) is 0 Å². The third-order valence-corrected chi connectivity index (χ3v) is 2.71. The van der Waals surface area contributed by atoms with E-state index in [1.165, 1.54) is 25.4 Å². The standard InChI is InChI=1S/C13H10FNO3/c1-16-10-6-12-11(17-7-18-12)5-8(10)13-9(14)3-2-4-15-13/h2-6H,7H2,1H3. The highest BCUT2D eigenvalue weighted by atomic mass is 19.1. The number of aromatic nitrogens is 1. The van der Waals surface area contributed by atoms with E-state index >= 15 is 0 Å². The van der Waals surface area contributed by atoms with Crippen LogP contribution in [0.25, 0.3) is 11.3 Å². The third-order valence-electron chi connectivity index (χ3n) is 2.71. The number of pyridine rings is 1. The van der Waals surface area contributed by atoms with Gasteiger partial charge in [0, 0.05) is 17.8 Å². The largest absolute Gasteiger partial charge is 0.496 e. The van der Waals surface area contributed by atoms with E-state index in [-0.39, 0.29) is 12.5 Å². The molecule has 2 heterocycles. The van der Waals surface area contributed by atoms with Crippen LogP contribution in [0.2, 0.25) is 0 Å². The molecule has 0 unspecified atom stereocenters. The van der Waals surface area contributed by atoms with Crippen molar-refractivity contribution < 1.29 is 18.6 Å². The number of benzene rings is 1. The van der Waals surface area contributed by atoms with E-state index in [1.54, 1.807) is 12.1 Å². The fourth-order valence-electron chi connectivity index (χ4n) is 1.86. The van der Waals surface area contributed by atoms with Crippen LogP contribution in [0.4, 0.5) is 4.39 Å². The van der Waals surface area contributed by atoms with Gasteiger partial charge >= 0.3 is 0 Å². The highest BCUT2D eigenvalue weighted by Crippen LogP contribution is 2.42. The summed E-state index contributed by atoms with van der Waals surface area (Å²) in [4.78, 5) is 4.03. The minimum Gasteiger partial charge on any atom is -0.496 e. The summed E-state index contributed by atoms with van der Waals surface area (Å²) in [7, 11) is 1.52. The fraction of sp³-hybridized carbons (Fsp3) is 0.154. The number of rotatable bonds is 2. The van der Waals surface area contributed by atoms with Gasteiger partial charge in [-0.1, -0.05) is 0 Å². The Bertz CT molecular complexity index is 601. The van der Waals surface area contributed by atoms with Crippen LogP contribution < -0.4 is 14.2 Å².